The first-order chi connectivity index (χ1) is 4.86. The summed E-state index contributed by atoms with van der Waals surface area (Å²) >= 11 is 0. The molecule has 2 heterocycles. The van der Waals surface area contributed by atoms with E-state index in [0.717, 1.165) is 11.3 Å². The van der Waals surface area contributed by atoms with Gasteiger partial charge in [0.25, 0.3) is 0 Å². The SMILES string of the molecule is Cc1ccn2nc[c]c2n1. The van der Waals surface area contributed by atoms with Crippen LogP contribution in [0.5, 0.6) is 0 Å². The van der Waals surface area contributed by atoms with Gasteiger partial charge < -0.3 is 0 Å². The van der Waals surface area contributed by atoms with E-state index in [-0.39, 0.29) is 0 Å². The van der Waals surface area contributed by atoms with Gasteiger partial charge in [0, 0.05) is 11.9 Å². The molecule has 0 fully saturated rings. The lowest BCUT2D eigenvalue weighted by Crippen LogP contribution is -1.89. The van der Waals surface area contributed by atoms with E-state index in [0.29, 0.717) is 0 Å². The van der Waals surface area contributed by atoms with Gasteiger partial charge in [-0.05, 0) is 13.0 Å². The molecule has 0 spiro atoms. The zero-order valence-corrected chi connectivity index (χ0v) is 5.57. The molecule has 0 aromatic carbocycles. The molecule has 0 aliphatic carbocycles. The van der Waals surface area contributed by atoms with Crippen LogP contribution in [0, 0.1) is 13.0 Å². The van der Waals surface area contributed by atoms with Crippen LogP contribution in [0.4, 0.5) is 0 Å². The summed E-state index contributed by atoms with van der Waals surface area (Å²) in [5.74, 6) is 0. The maximum Gasteiger partial charge on any atom is 0.163 e. The van der Waals surface area contributed by atoms with E-state index >= 15 is 0 Å². The molecular weight excluding hydrogens is 126 g/mol. The monoisotopic (exact) mass is 132 g/mol. The van der Waals surface area contributed by atoms with Gasteiger partial charge in [-0.2, -0.15) is 5.10 Å². The van der Waals surface area contributed by atoms with Crippen LogP contribution in [0.15, 0.2) is 18.5 Å². The molecule has 2 rings (SSSR count). The molecule has 0 aliphatic rings. The lowest BCUT2D eigenvalue weighted by atomic mass is 10.4. The van der Waals surface area contributed by atoms with E-state index < -0.39 is 0 Å². The Morgan fingerprint density at radius 2 is 2.50 bits per heavy atom. The first-order valence-electron chi connectivity index (χ1n) is 3.05. The highest BCUT2D eigenvalue weighted by Gasteiger charge is 1.92. The first kappa shape index (κ1) is 5.41. The van der Waals surface area contributed by atoms with Crippen molar-refractivity contribution in [2.24, 2.45) is 0 Å². The molecule has 2 aromatic rings. The fraction of sp³-hybridized carbons (Fsp3) is 0.143. The molecule has 0 amide bonds. The van der Waals surface area contributed by atoms with Crippen LogP contribution in [-0.2, 0) is 0 Å². The quantitative estimate of drug-likeness (QED) is 0.531. The molecule has 0 saturated heterocycles. The van der Waals surface area contributed by atoms with Crippen LogP contribution < -0.4 is 0 Å². The van der Waals surface area contributed by atoms with Gasteiger partial charge in [0.1, 0.15) is 0 Å². The topological polar surface area (TPSA) is 30.2 Å². The Morgan fingerprint density at radius 3 is 3.40 bits per heavy atom. The molecule has 0 saturated carbocycles. The van der Waals surface area contributed by atoms with E-state index in [9.17, 15) is 0 Å². The summed E-state index contributed by atoms with van der Waals surface area (Å²) < 4.78 is 1.69. The zero-order valence-electron chi connectivity index (χ0n) is 5.57. The Balaban J connectivity index is 2.86. The van der Waals surface area contributed by atoms with Gasteiger partial charge in [-0.1, -0.05) is 0 Å². The molecule has 0 aliphatic heterocycles. The summed E-state index contributed by atoms with van der Waals surface area (Å²) in [6.07, 6.45) is 3.48. The summed E-state index contributed by atoms with van der Waals surface area (Å²) in [6, 6.07) is 4.81. The molecule has 1 radical (unpaired) electrons. The smallest absolute Gasteiger partial charge is 0.163 e. The summed E-state index contributed by atoms with van der Waals surface area (Å²) in [4.78, 5) is 4.18. The minimum atomic E-state index is 0.778. The standard InChI is InChI=1S/C7H6N3/c1-6-3-5-10-7(9-6)2-4-8-10/h3-5H,1H3. The van der Waals surface area contributed by atoms with E-state index in [1.165, 1.54) is 0 Å². The van der Waals surface area contributed by atoms with Crippen molar-refractivity contribution in [3.63, 3.8) is 0 Å². The predicted octanol–water partition coefficient (Wildman–Crippen LogP) is 0.838. The lowest BCUT2D eigenvalue weighted by Gasteiger charge is -1.91. The van der Waals surface area contributed by atoms with Crippen molar-refractivity contribution in [1.82, 2.24) is 14.6 Å². The molecule has 10 heavy (non-hydrogen) atoms. The van der Waals surface area contributed by atoms with E-state index in [1.54, 1.807) is 10.7 Å². The highest BCUT2D eigenvalue weighted by Crippen LogP contribution is 1.97. The Hall–Kier alpha value is -1.38. The molecule has 2 aromatic heterocycles. The van der Waals surface area contributed by atoms with Crippen molar-refractivity contribution >= 4 is 5.65 Å². The predicted molar refractivity (Wildman–Crippen MR) is 36.6 cm³/mol. The van der Waals surface area contributed by atoms with Crippen LogP contribution in [0.2, 0.25) is 0 Å². The number of rotatable bonds is 0. The number of nitrogens with zero attached hydrogens (tertiary/aromatic N) is 3. The second-order valence-corrected chi connectivity index (χ2v) is 2.13. The average molecular weight is 132 g/mol. The maximum absolute atomic E-state index is 4.18. The zero-order chi connectivity index (χ0) is 6.97. The number of hydrogen-bond donors (Lipinski definition) is 0. The summed E-state index contributed by atoms with van der Waals surface area (Å²) in [6.45, 7) is 1.95. The van der Waals surface area contributed by atoms with E-state index in [2.05, 4.69) is 16.1 Å². The molecule has 3 heteroatoms. The second kappa shape index (κ2) is 1.80. The highest BCUT2D eigenvalue weighted by molar-refractivity contribution is 5.34. The number of hydrogen-bond acceptors (Lipinski definition) is 2. The minimum absolute atomic E-state index is 0.778. The summed E-state index contributed by atoms with van der Waals surface area (Å²) in [5.41, 5.74) is 1.77. The van der Waals surface area contributed by atoms with Crippen LogP contribution in [0.1, 0.15) is 5.69 Å². The molecule has 3 nitrogen and oxygen atoms in total. The largest absolute Gasteiger partial charge is 0.233 e. The third-order valence-corrected chi connectivity index (χ3v) is 1.33. The molecule has 0 N–H and O–H groups in total. The summed E-state index contributed by atoms with van der Waals surface area (Å²) in [7, 11) is 0. The fourth-order valence-corrected chi connectivity index (χ4v) is 0.845. The molecular formula is C7H6N3. The third-order valence-electron chi connectivity index (χ3n) is 1.33. The number of fused-ring (bicyclic) bond motifs is 1. The van der Waals surface area contributed by atoms with Gasteiger partial charge in [0.05, 0.1) is 12.3 Å². The number of aromatic nitrogens is 3. The Labute approximate surface area is 58.3 Å². The Morgan fingerprint density at radius 1 is 1.60 bits per heavy atom. The van der Waals surface area contributed by atoms with E-state index in [1.807, 2.05) is 19.2 Å². The second-order valence-electron chi connectivity index (χ2n) is 2.13. The molecule has 0 unspecified atom stereocenters. The van der Waals surface area contributed by atoms with Crippen LogP contribution in [-0.4, -0.2) is 14.6 Å². The highest BCUT2D eigenvalue weighted by atomic mass is 15.2. The fourth-order valence-electron chi connectivity index (χ4n) is 0.845. The lowest BCUT2D eigenvalue weighted by molar-refractivity contribution is 0.929. The van der Waals surface area contributed by atoms with Crippen LogP contribution in [0.3, 0.4) is 0 Å². The minimum Gasteiger partial charge on any atom is -0.233 e. The number of aryl methyl sites for hydroxylation is 1. The van der Waals surface area contributed by atoms with Gasteiger partial charge in [-0.15, -0.1) is 0 Å². The maximum atomic E-state index is 4.18. The van der Waals surface area contributed by atoms with Gasteiger partial charge in [-0.3, -0.25) is 0 Å². The van der Waals surface area contributed by atoms with Crippen molar-refractivity contribution in [3.05, 3.63) is 30.2 Å². The third kappa shape index (κ3) is 0.673. The van der Waals surface area contributed by atoms with Crippen LogP contribution in [0.25, 0.3) is 5.65 Å². The van der Waals surface area contributed by atoms with Gasteiger partial charge in [0.15, 0.2) is 5.65 Å². The molecule has 0 atom stereocenters. The van der Waals surface area contributed by atoms with Crippen molar-refractivity contribution in [2.45, 2.75) is 6.92 Å². The first-order valence-corrected chi connectivity index (χ1v) is 3.05. The van der Waals surface area contributed by atoms with Gasteiger partial charge in [-0.25, -0.2) is 9.50 Å². The molecule has 49 valence electrons. The van der Waals surface area contributed by atoms with Gasteiger partial charge in [0.2, 0.25) is 0 Å². The van der Waals surface area contributed by atoms with Crippen molar-refractivity contribution in [2.75, 3.05) is 0 Å². The normalized spacial score (nSPS) is 10.5. The Bertz CT molecular complexity index is 350. The van der Waals surface area contributed by atoms with Crippen molar-refractivity contribution in [1.29, 1.82) is 0 Å². The van der Waals surface area contributed by atoms with Crippen molar-refractivity contribution in [3.8, 4) is 0 Å². The Kier molecular flexibility index (Phi) is 0.974. The van der Waals surface area contributed by atoms with Gasteiger partial charge >= 0.3 is 0 Å². The molecule has 0 bridgehead atoms. The van der Waals surface area contributed by atoms with Crippen LogP contribution >= 0.6 is 0 Å². The van der Waals surface area contributed by atoms with Crippen molar-refractivity contribution < 1.29 is 0 Å². The summed E-state index contributed by atoms with van der Waals surface area (Å²) in [5, 5.41) is 3.96. The van der Waals surface area contributed by atoms with E-state index in [4.69, 9.17) is 0 Å². The average Bonchev–Trinajstić information content (AvgIpc) is 2.33.